The lowest BCUT2D eigenvalue weighted by Gasteiger charge is -2.04. The van der Waals surface area contributed by atoms with Crippen LogP contribution in [0.25, 0.3) is 11.3 Å². The molecule has 0 unspecified atom stereocenters. The topological polar surface area (TPSA) is 75.4 Å². The molecule has 1 N–H and O–H groups in total. The molecule has 1 aromatic heterocycles. The van der Waals surface area contributed by atoms with Gasteiger partial charge in [-0.15, -0.1) is 11.8 Å². The molecule has 0 aliphatic heterocycles. The van der Waals surface area contributed by atoms with E-state index in [4.69, 9.17) is 5.21 Å². The highest BCUT2D eigenvalue weighted by molar-refractivity contribution is 7.98. The summed E-state index contributed by atoms with van der Waals surface area (Å²) in [5, 5.41) is 12.1. The van der Waals surface area contributed by atoms with Crippen molar-refractivity contribution in [2.24, 2.45) is 5.16 Å². The Kier molecular flexibility index (Phi) is 2.79. The predicted octanol–water partition coefficient (Wildman–Crippen LogP) is 2.22. The third-order valence-corrected chi connectivity index (χ3v) is 3.60. The molecule has 1 heterocycles. The fourth-order valence-electron chi connectivity index (χ4n) is 2.14. The summed E-state index contributed by atoms with van der Waals surface area (Å²) < 4.78 is 0. The van der Waals surface area contributed by atoms with Gasteiger partial charge in [0.2, 0.25) is 0 Å². The van der Waals surface area contributed by atoms with E-state index in [-0.39, 0.29) is 11.6 Å². The van der Waals surface area contributed by atoms with Crippen LogP contribution in [0.3, 0.4) is 0 Å². The molecule has 0 saturated heterocycles. The number of hydrogen-bond donors (Lipinski definition) is 1. The smallest absolute Gasteiger partial charge is 0.198 e. The van der Waals surface area contributed by atoms with Crippen LogP contribution in [0.1, 0.15) is 21.7 Å². The zero-order valence-electron chi connectivity index (χ0n) is 9.99. The van der Waals surface area contributed by atoms with Crippen LogP contribution in [-0.4, -0.2) is 33.4 Å². The van der Waals surface area contributed by atoms with E-state index in [2.05, 4.69) is 15.1 Å². The van der Waals surface area contributed by atoms with Crippen LogP contribution in [0.5, 0.6) is 0 Å². The number of rotatable bonds is 2. The van der Waals surface area contributed by atoms with Crippen molar-refractivity contribution in [3.05, 3.63) is 41.2 Å². The van der Waals surface area contributed by atoms with E-state index in [0.29, 0.717) is 21.8 Å². The van der Waals surface area contributed by atoms with Crippen molar-refractivity contribution < 1.29 is 10.0 Å². The van der Waals surface area contributed by atoms with Crippen LogP contribution in [0.4, 0.5) is 0 Å². The SMILES string of the molecule is CSc1nc(C=NO)nc2c1C(=O)c1ccccc1-2. The highest BCUT2D eigenvalue weighted by Gasteiger charge is 2.31. The van der Waals surface area contributed by atoms with Gasteiger partial charge in [-0.2, -0.15) is 0 Å². The molecule has 3 rings (SSSR count). The number of thioether (sulfide) groups is 1. The summed E-state index contributed by atoms with van der Waals surface area (Å²) in [7, 11) is 0. The number of fused-ring (bicyclic) bond motifs is 3. The second-order valence-electron chi connectivity index (χ2n) is 3.93. The fraction of sp³-hybridized carbons (Fsp3) is 0.0769. The van der Waals surface area contributed by atoms with Gasteiger partial charge in [0.05, 0.1) is 11.3 Å². The first-order chi connectivity index (χ1) is 9.26. The maximum Gasteiger partial charge on any atom is 0.198 e. The molecule has 0 fully saturated rings. The summed E-state index contributed by atoms with van der Waals surface area (Å²) in [6.07, 6.45) is 3.00. The van der Waals surface area contributed by atoms with E-state index in [9.17, 15) is 4.79 Å². The van der Waals surface area contributed by atoms with E-state index in [0.717, 1.165) is 11.8 Å². The fourth-order valence-corrected chi connectivity index (χ4v) is 2.71. The van der Waals surface area contributed by atoms with Gasteiger partial charge in [0.1, 0.15) is 11.2 Å². The minimum Gasteiger partial charge on any atom is -0.411 e. The van der Waals surface area contributed by atoms with Crippen molar-refractivity contribution in [2.45, 2.75) is 5.03 Å². The molecular weight excluding hydrogens is 262 g/mol. The number of oxime groups is 1. The molecule has 1 aliphatic rings. The molecule has 94 valence electrons. The van der Waals surface area contributed by atoms with Gasteiger partial charge in [-0.05, 0) is 6.26 Å². The lowest BCUT2D eigenvalue weighted by atomic mass is 10.1. The number of carbonyl (C=O) groups excluding carboxylic acids is 1. The molecule has 5 nitrogen and oxygen atoms in total. The van der Waals surface area contributed by atoms with E-state index < -0.39 is 0 Å². The maximum atomic E-state index is 12.4. The number of ketones is 1. The lowest BCUT2D eigenvalue weighted by molar-refractivity contribution is 0.104. The van der Waals surface area contributed by atoms with Crippen molar-refractivity contribution in [1.82, 2.24) is 9.97 Å². The van der Waals surface area contributed by atoms with Crippen molar-refractivity contribution in [1.29, 1.82) is 0 Å². The van der Waals surface area contributed by atoms with Gasteiger partial charge in [0, 0.05) is 11.1 Å². The Morgan fingerprint density at radius 1 is 1.26 bits per heavy atom. The number of aromatic nitrogens is 2. The van der Waals surface area contributed by atoms with Gasteiger partial charge in [-0.25, -0.2) is 9.97 Å². The van der Waals surface area contributed by atoms with Gasteiger partial charge >= 0.3 is 0 Å². The molecule has 1 aliphatic carbocycles. The van der Waals surface area contributed by atoms with E-state index >= 15 is 0 Å². The Morgan fingerprint density at radius 3 is 2.68 bits per heavy atom. The molecule has 0 spiro atoms. The Bertz CT molecular complexity index is 713. The molecule has 6 heteroatoms. The summed E-state index contributed by atoms with van der Waals surface area (Å²) in [4.78, 5) is 20.9. The van der Waals surface area contributed by atoms with Gasteiger partial charge in [-0.1, -0.05) is 29.4 Å². The third-order valence-electron chi connectivity index (χ3n) is 2.91. The number of hydrogen-bond acceptors (Lipinski definition) is 6. The summed E-state index contributed by atoms with van der Waals surface area (Å²) >= 11 is 1.37. The normalized spacial score (nSPS) is 12.8. The van der Waals surface area contributed by atoms with Gasteiger partial charge in [-0.3, -0.25) is 4.79 Å². The van der Waals surface area contributed by atoms with Crippen LogP contribution >= 0.6 is 11.8 Å². The Morgan fingerprint density at radius 2 is 2.00 bits per heavy atom. The highest BCUT2D eigenvalue weighted by Crippen LogP contribution is 2.38. The van der Waals surface area contributed by atoms with Crippen molar-refractivity contribution in [3.63, 3.8) is 0 Å². The standard InChI is InChI=1S/C13H9N3O2S/c1-19-13-10-11(15-9(16-13)6-14-18)7-4-2-3-5-8(7)12(10)17/h2-6,18H,1H3. The van der Waals surface area contributed by atoms with Crippen LogP contribution in [-0.2, 0) is 0 Å². The Labute approximate surface area is 113 Å². The molecule has 2 aromatic rings. The first kappa shape index (κ1) is 11.9. The Hall–Kier alpha value is -2.21. The predicted molar refractivity (Wildman–Crippen MR) is 72.1 cm³/mol. The van der Waals surface area contributed by atoms with E-state index in [1.807, 2.05) is 24.5 Å². The molecule has 0 bridgehead atoms. The molecule has 0 saturated carbocycles. The average Bonchev–Trinajstić information content (AvgIpc) is 2.73. The van der Waals surface area contributed by atoms with Crippen LogP contribution < -0.4 is 0 Å². The molecular formula is C13H9N3O2S. The molecule has 0 amide bonds. The van der Waals surface area contributed by atoms with Crippen LogP contribution in [0.2, 0.25) is 0 Å². The monoisotopic (exact) mass is 271 g/mol. The minimum atomic E-state index is -0.0533. The highest BCUT2D eigenvalue weighted by atomic mass is 32.2. The van der Waals surface area contributed by atoms with Gasteiger partial charge in [0.25, 0.3) is 0 Å². The molecule has 1 aromatic carbocycles. The number of benzene rings is 1. The van der Waals surface area contributed by atoms with Crippen molar-refractivity contribution in [3.8, 4) is 11.3 Å². The first-order valence-corrected chi connectivity index (χ1v) is 6.76. The summed E-state index contributed by atoms with van der Waals surface area (Å²) in [6.45, 7) is 0. The van der Waals surface area contributed by atoms with E-state index in [1.165, 1.54) is 11.8 Å². The van der Waals surface area contributed by atoms with Gasteiger partial charge in [0.15, 0.2) is 11.6 Å². The summed E-state index contributed by atoms with van der Waals surface area (Å²) in [5.41, 5.74) is 2.58. The van der Waals surface area contributed by atoms with Crippen LogP contribution in [0, 0.1) is 0 Å². The number of carbonyl (C=O) groups is 1. The summed E-state index contributed by atoms with van der Waals surface area (Å²) in [5.74, 6) is 0.234. The first-order valence-electron chi connectivity index (χ1n) is 5.54. The van der Waals surface area contributed by atoms with Crippen molar-refractivity contribution in [2.75, 3.05) is 6.26 Å². The lowest BCUT2D eigenvalue weighted by Crippen LogP contribution is -2.04. The Balaban J connectivity index is 2.33. The quantitative estimate of drug-likeness (QED) is 0.254. The van der Waals surface area contributed by atoms with Crippen LogP contribution in [0.15, 0.2) is 34.4 Å². The zero-order chi connectivity index (χ0) is 13.4. The maximum absolute atomic E-state index is 12.4. The second kappa shape index (κ2) is 4.47. The number of nitrogens with zero attached hydrogens (tertiary/aromatic N) is 3. The molecule has 0 atom stereocenters. The summed E-state index contributed by atoms with van der Waals surface area (Å²) in [6, 6.07) is 7.33. The van der Waals surface area contributed by atoms with Crippen molar-refractivity contribution >= 4 is 23.8 Å². The van der Waals surface area contributed by atoms with Gasteiger partial charge < -0.3 is 5.21 Å². The zero-order valence-corrected chi connectivity index (χ0v) is 10.8. The molecule has 0 radical (unpaired) electrons. The second-order valence-corrected chi connectivity index (χ2v) is 4.73. The minimum absolute atomic E-state index is 0.0533. The van der Waals surface area contributed by atoms with E-state index in [1.54, 1.807) is 6.07 Å². The molecule has 19 heavy (non-hydrogen) atoms. The average molecular weight is 271 g/mol. The third kappa shape index (κ3) is 1.72. The largest absolute Gasteiger partial charge is 0.411 e.